The third-order valence-corrected chi connectivity index (χ3v) is 4.69. The Morgan fingerprint density at radius 2 is 1.12 bits per heavy atom. The number of carbonyl (C=O) groups excluding carboxylic acids is 1. The summed E-state index contributed by atoms with van der Waals surface area (Å²) in [4.78, 5) is 11.9. The molecule has 3 nitrogen and oxygen atoms in total. The first-order valence-corrected chi connectivity index (χ1v) is 8.41. The zero-order valence-corrected chi connectivity index (χ0v) is 13.8. The van der Waals surface area contributed by atoms with E-state index < -0.39 is 5.54 Å². The van der Waals surface area contributed by atoms with Crippen molar-refractivity contribution in [2.24, 2.45) is 0 Å². The van der Waals surface area contributed by atoms with Crippen molar-refractivity contribution in [1.82, 2.24) is 5.32 Å². The first-order valence-electron chi connectivity index (χ1n) is 8.41. The summed E-state index contributed by atoms with van der Waals surface area (Å²) in [5.41, 5.74) is 2.65. The molecule has 3 aromatic rings. The molecule has 0 aromatic heterocycles. The van der Waals surface area contributed by atoms with Crippen LogP contribution in [0.4, 0.5) is 0 Å². The van der Waals surface area contributed by atoms with E-state index in [1.54, 1.807) is 0 Å². The highest BCUT2D eigenvalue weighted by Gasteiger charge is 2.43. The molecule has 1 aliphatic heterocycles. The summed E-state index contributed by atoms with van der Waals surface area (Å²) in [7, 11) is 0. The molecule has 1 aliphatic rings. The summed E-state index contributed by atoms with van der Waals surface area (Å²) in [5, 5.41) is 3.59. The second-order valence-corrected chi connectivity index (χ2v) is 6.18. The predicted molar refractivity (Wildman–Crippen MR) is 97.1 cm³/mol. The summed E-state index contributed by atoms with van der Waals surface area (Å²) in [5.74, 6) is -0.202. The van der Waals surface area contributed by atoms with E-state index in [1.165, 1.54) is 0 Å². The number of cyclic esters (lactones) is 1. The van der Waals surface area contributed by atoms with E-state index in [0.29, 0.717) is 6.61 Å². The van der Waals surface area contributed by atoms with Crippen LogP contribution < -0.4 is 5.32 Å². The van der Waals surface area contributed by atoms with Crippen molar-refractivity contribution in [3.63, 3.8) is 0 Å². The van der Waals surface area contributed by atoms with Crippen LogP contribution in [0.25, 0.3) is 0 Å². The maximum Gasteiger partial charge on any atom is 0.326 e. The normalized spacial score (nSPS) is 16.8. The number of rotatable bonds is 5. The molecule has 0 bridgehead atoms. The number of ether oxygens (including phenoxy) is 1. The van der Waals surface area contributed by atoms with Gasteiger partial charge in [0.15, 0.2) is 0 Å². The lowest BCUT2D eigenvalue weighted by Crippen LogP contribution is -2.59. The standard InChI is InChI=1S/C22H19NO2/c24-21-20(16-25-21)23-22(17-10-4-1-5-11-17,18-12-6-2-7-13-18)19-14-8-3-9-15-19/h1-15,20,23H,16H2. The molecule has 3 heteroatoms. The average Bonchev–Trinajstić information content (AvgIpc) is 2.70. The summed E-state index contributed by atoms with van der Waals surface area (Å²) in [6, 6.07) is 30.4. The van der Waals surface area contributed by atoms with Crippen LogP contribution in [0, 0.1) is 0 Å². The van der Waals surface area contributed by atoms with Gasteiger partial charge in [-0.15, -0.1) is 0 Å². The number of esters is 1. The van der Waals surface area contributed by atoms with Crippen LogP contribution in [0.5, 0.6) is 0 Å². The zero-order valence-electron chi connectivity index (χ0n) is 13.8. The highest BCUT2D eigenvalue weighted by Crippen LogP contribution is 2.37. The molecule has 3 aromatic carbocycles. The SMILES string of the molecule is O=C1OCC1NC(c1ccccc1)(c1ccccc1)c1ccccc1. The van der Waals surface area contributed by atoms with Crippen molar-refractivity contribution >= 4 is 5.97 Å². The molecule has 1 saturated heterocycles. The first kappa shape index (κ1) is 15.6. The quantitative estimate of drug-likeness (QED) is 0.575. The maximum absolute atomic E-state index is 11.9. The first-order chi connectivity index (χ1) is 12.3. The van der Waals surface area contributed by atoms with Gasteiger partial charge in [0.2, 0.25) is 0 Å². The Morgan fingerprint density at radius 1 is 0.720 bits per heavy atom. The molecule has 1 N–H and O–H groups in total. The van der Waals surface area contributed by atoms with Crippen LogP contribution in [-0.4, -0.2) is 18.6 Å². The van der Waals surface area contributed by atoms with Crippen LogP contribution in [0.1, 0.15) is 16.7 Å². The van der Waals surface area contributed by atoms with Gasteiger partial charge in [-0.3, -0.25) is 10.1 Å². The van der Waals surface area contributed by atoms with Crippen molar-refractivity contribution in [2.75, 3.05) is 6.61 Å². The van der Waals surface area contributed by atoms with Gasteiger partial charge in [-0.05, 0) is 16.7 Å². The number of nitrogens with one attached hydrogen (secondary N) is 1. The molecule has 124 valence electrons. The Balaban J connectivity index is 1.95. The minimum absolute atomic E-state index is 0.202. The van der Waals surface area contributed by atoms with Gasteiger partial charge in [-0.25, -0.2) is 0 Å². The summed E-state index contributed by atoms with van der Waals surface area (Å²) >= 11 is 0. The molecule has 1 unspecified atom stereocenters. The zero-order chi connectivity index (χ0) is 17.1. The Morgan fingerprint density at radius 3 is 1.40 bits per heavy atom. The Labute approximate surface area is 147 Å². The topological polar surface area (TPSA) is 38.3 Å². The number of carbonyl (C=O) groups is 1. The van der Waals surface area contributed by atoms with Gasteiger partial charge in [0.25, 0.3) is 0 Å². The number of hydrogen-bond acceptors (Lipinski definition) is 3. The number of hydrogen-bond donors (Lipinski definition) is 1. The van der Waals surface area contributed by atoms with Crippen LogP contribution in [0.15, 0.2) is 91.0 Å². The molecule has 0 spiro atoms. The summed E-state index contributed by atoms with van der Waals surface area (Å²) in [6.45, 7) is 0.396. The van der Waals surface area contributed by atoms with E-state index in [4.69, 9.17) is 4.74 Å². The van der Waals surface area contributed by atoms with E-state index in [-0.39, 0.29) is 12.0 Å². The van der Waals surface area contributed by atoms with Crippen LogP contribution in [0.2, 0.25) is 0 Å². The highest BCUT2D eigenvalue weighted by molar-refractivity contribution is 5.81. The van der Waals surface area contributed by atoms with Gasteiger partial charge in [0.05, 0.1) is 5.54 Å². The third-order valence-electron chi connectivity index (χ3n) is 4.69. The largest absolute Gasteiger partial charge is 0.462 e. The highest BCUT2D eigenvalue weighted by atomic mass is 16.6. The van der Waals surface area contributed by atoms with E-state index in [0.717, 1.165) is 16.7 Å². The van der Waals surface area contributed by atoms with Crippen LogP contribution in [0.3, 0.4) is 0 Å². The van der Waals surface area contributed by atoms with E-state index in [2.05, 4.69) is 41.7 Å². The van der Waals surface area contributed by atoms with Gasteiger partial charge in [-0.1, -0.05) is 91.0 Å². The van der Waals surface area contributed by atoms with Crippen molar-refractivity contribution < 1.29 is 9.53 Å². The monoisotopic (exact) mass is 329 g/mol. The molecule has 0 saturated carbocycles. The molecule has 1 heterocycles. The predicted octanol–water partition coefficient (Wildman–Crippen LogP) is 3.49. The van der Waals surface area contributed by atoms with Crippen molar-refractivity contribution in [3.8, 4) is 0 Å². The molecule has 25 heavy (non-hydrogen) atoms. The summed E-state index contributed by atoms with van der Waals surface area (Å²) < 4.78 is 5.00. The molecular weight excluding hydrogens is 310 g/mol. The van der Waals surface area contributed by atoms with Crippen molar-refractivity contribution in [2.45, 2.75) is 11.6 Å². The average molecular weight is 329 g/mol. The van der Waals surface area contributed by atoms with E-state index >= 15 is 0 Å². The fourth-order valence-corrected chi connectivity index (χ4v) is 3.41. The van der Waals surface area contributed by atoms with Crippen LogP contribution >= 0.6 is 0 Å². The van der Waals surface area contributed by atoms with E-state index in [1.807, 2.05) is 54.6 Å². The maximum atomic E-state index is 11.9. The second-order valence-electron chi connectivity index (χ2n) is 6.18. The molecular formula is C22H19NO2. The molecule has 0 radical (unpaired) electrons. The van der Waals surface area contributed by atoms with Crippen molar-refractivity contribution in [3.05, 3.63) is 108 Å². The number of benzene rings is 3. The fourth-order valence-electron chi connectivity index (χ4n) is 3.41. The van der Waals surface area contributed by atoms with Gasteiger partial charge in [-0.2, -0.15) is 0 Å². The van der Waals surface area contributed by atoms with Gasteiger partial charge in [0.1, 0.15) is 12.6 Å². The Hall–Kier alpha value is -2.91. The fraction of sp³-hybridized carbons (Fsp3) is 0.136. The van der Waals surface area contributed by atoms with E-state index in [9.17, 15) is 4.79 Å². The van der Waals surface area contributed by atoms with Crippen molar-refractivity contribution in [1.29, 1.82) is 0 Å². The van der Waals surface area contributed by atoms with Gasteiger partial charge < -0.3 is 4.74 Å². The Bertz CT molecular complexity index is 750. The molecule has 0 amide bonds. The third kappa shape index (κ3) is 2.73. The molecule has 4 rings (SSSR count). The van der Waals surface area contributed by atoms with Gasteiger partial charge >= 0.3 is 5.97 Å². The smallest absolute Gasteiger partial charge is 0.326 e. The minimum Gasteiger partial charge on any atom is -0.462 e. The Kier molecular flexibility index (Phi) is 4.08. The molecule has 1 atom stereocenters. The molecule has 0 aliphatic carbocycles. The lowest BCUT2D eigenvalue weighted by atomic mass is 9.76. The lowest BCUT2D eigenvalue weighted by molar-refractivity contribution is -0.163. The van der Waals surface area contributed by atoms with Crippen LogP contribution in [-0.2, 0) is 15.1 Å². The minimum atomic E-state index is -0.617. The summed E-state index contributed by atoms with van der Waals surface area (Å²) in [6.07, 6.45) is 0. The molecule has 1 fully saturated rings. The lowest BCUT2D eigenvalue weighted by Gasteiger charge is -2.41. The van der Waals surface area contributed by atoms with Gasteiger partial charge in [0, 0.05) is 0 Å². The second kappa shape index (κ2) is 6.54.